The molecule has 4 aromatic rings. The van der Waals surface area contributed by atoms with Gasteiger partial charge in [0.05, 0.1) is 31.9 Å². The van der Waals surface area contributed by atoms with Crippen LogP contribution in [0.2, 0.25) is 0 Å². The third-order valence-corrected chi connectivity index (χ3v) is 6.90. The Morgan fingerprint density at radius 3 is 2.34 bits per heavy atom. The van der Waals surface area contributed by atoms with Gasteiger partial charge in [0.2, 0.25) is 11.7 Å². The minimum Gasteiger partial charge on any atom is -0.497 e. The van der Waals surface area contributed by atoms with E-state index in [1.165, 1.54) is 0 Å². The van der Waals surface area contributed by atoms with E-state index in [0.29, 0.717) is 23.2 Å². The number of fused-ring (bicyclic) bond motifs is 1. The van der Waals surface area contributed by atoms with Crippen molar-refractivity contribution in [3.8, 4) is 11.5 Å². The maximum absolute atomic E-state index is 11.4. The smallest absolute Gasteiger partial charge is 0.227 e. The fourth-order valence-electron chi connectivity index (χ4n) is 4.82. The first kappa shape index (κ1) is 28.2. The van der Waals surface area contributed by atoms with Crippen LogP contribution < -0.4 is 25.0 Å². The molecule has 11 heteroatoms. The number of hydrogen-bond donors (Lipinski definition) is 3. The van der Waals surface area contributed by atoms with Crippen LogP contribution in [0, 0.1) is 12.8 Å². The van der Waals surface area contributed by atoms with E-state index in [2.05, 4.69) is 49.5 Å². The van der Waals surface area contributed by atoms with Gasteiger partial charge in [-0.25, -0.2) is 9.97 Å². The van der Waals surface area contributed by atoms with E-state index in [-0.39, 0.29) is 24.0 Å². The molecule has 2 fully saturated rings. The van der Waals surface area contributed by atoms with E-state index >= 15 is 0 Å². The monoisotopic (exact) mass is 559 g/mol. The topological polar surface area (TPSA) is 127 Å². The molecule has 1 aliphatic heterocycles. The Labute approximate surface area is 239 Å². The highest BCUT2D eigenvalue weighted by molar-refractivity contribution is 5.94. The quantitative estimate of drug-likeness (QED) is 0.284. The standard InChI is InChI=1S/C19H24N6O2.C11H13NO2/c1-11-9-25(10-12(2)27-11)19-16(26-4)18(20-13(3)21-19)22-17-14-7-5-6-8-15(14)23-24-17;1-14-10-6-4-9(5-7-10)12-11(13)8-2-3-8/h5-8,11-12H,9-10H2,1-4H3,(H2,20,21,22,23,24);4-8H,2-3H2,1H3,(H,12,13). The second kappa shape index (κ2) is 12.4. The number of nitrogens with one attached hydrogen (secondary N) is 3. The van der Waals surface area contributed by atoms with E-state index in [9.17, 15) is 4.79 Å². The molecule has 6 rings (SSSR count). The average molecular weight is 560 g/mol. The van der Waals surface area contributed by atoms with Crippen molar-refractivity contribution in [2.45, 2.75) is 45.8 Å². The molecule has 2 atom stereocenters. The number of nitrogens with zero attached hydrogens (tertiary/aromatic N) is 4. The van der Waals surface area contributed by atoms with Crippen LogP contribution in [0.1, 0.15) is 32.5 Å². The van der Waals surface area contributed by atoms with Gasteiger partial charge >= 0.3 is 0 Å². The number of hydrogen-bond acceptors (Lipinski definition) is 9. The molecule has 3 heterocycles. The molecule has 2 aromatic heterocycles. The number of carbonyl (C=O) groups excluding carboxylic acids is 1. The number of morpholine rings is 1. The van der Waals surface area contributed by atoms with Crippen LogP contribution in [0.15, 0.2) is 48.5 Å². The van der Waals surface area contributed by atoms with Gasteiger partial charge in [-0.1, -0.05) is 12.1 Å². The number of methoxy groups -OCH3 is 2. The Morgan fingerprint density at radius 2 is 1.68 bits per heavy atom. The Balaban J connectivity index is 0.000000202. The highest BCUT2D eigenvalue weighted by Gasteiger charge is 2.30. The zero-order valence-corrected chi connectivity index (χ0v) is 24.1. The summed E-state index contributed by atoms with van der Waals surface area (Å²) in [5, 5.41) is 14.6. The maximum atomic E-state index is 11.4. The van der Waals surface area contributed by atoms with Gasteiger partial charge in [-0.05, 0) is 70.0 Å². The number of anilines is 4. The fraction of sp³-hybridized carbons (Fsp3) is 0.400. The van der Waals surface area contributed by atoms with Crippen molar-refractivity contribution in [2.75, 3.05) is 42.8 Å². The van der Waals surface area contributed by atoms with Crippen LogP contribution in [0.5, 0.6) is 11.5 Å². The summed E-state index contributed by atoms with van der Waals surface area (Å²) in [4.78, 5) is 22.8. The van der Waals surface area contributed by atoms with Gasteiger partial charge in [0, 0.05) is 30.1 Å². The molecule has 1 amide bonds. The number of ether oxygens (including phenoxy) is 3. The summed E-state index contributed by atoms with van der Waals surface area (Å²) < 4.78 is 16.6. The number of H-pyrrole nitrogens is 1. The fourth-order valence-corrected chi connectivity index (χ4v) is 4.82. The summed E-state index contributed by atoms with van der Waals surface area (Å²) in [6, 6.07) is 15.3. The first-order valence-electron chi connectivity index (χ1n) is 13.8. The molecule has 2 aliphatic rings. The summed E-state index contributed by atoms with van der Waals surface area (Å²) in [7, 11) is 3.26. The molecule has 216 valence electrons. The summed E-state index contributed by atoms with van der Waals surface area (Å²) in [5.41, 5.74) is 1.79. The second-order valence-corrected chi connectivity index (χ2v) is 10.4. The zero-order chi connectivity index (χ0) is 28.9. The minimum atomic E-state index is 0.125. The van der Waals surface area contributed by atoms with Crippen molar-refractivity contribution >= 4 is 40.0 Å². The van der Waals surface area contributed by atoms with Crippen molar-refractivity contribution in [3.63, 3.8) is 0 Å². The van der Waals surface area contributed by atoms with Crippen molar-refractivity contribution in [1.29, 1.82) is 0 Å². The van der Waals surface area contributed by atoms with Crippen LogP contribution in [-0.2, 0) is 9.53 Å². The third-order valence-electron chi connectivity index (χ3n) is 6.90. The lowest BCUT2D eigenvalue weighted by molar-refractivity contribution is -0.117. The summed E-state index contributed by atoms with van der Waals surface area (Å²) >= 11 is 0. The first-order chi connectivity index (χ1) is 19.8. The predicted molar refractivity (Wildman–Crippen MR) is 159 cm³/mol. The van der Waals surface area contributed by atoms with Crippen LogP contribution >= 0.6 is 0 Å². The number of amides is 1. The van der Waals surface area contributed by atoms with E-state index in [1.54, 1.807) is 14.2 Å². The SMILES string of the molecule is COc1c(Nc2n[nH]c3ccccc23)nc(C)nc1N1CC(C)OC(C)C1.COc1ccc(NC(=O)C2CC2)cc1. The van der Waals surface area contributed by atoms with Gasteiger partial charge in [0.1, 0.15) is 11.6 Å². The minimum absolute atomic E-state index is 0.125. The predicted octanol–water partition coefficient (Wildman–Crippen LogP) is 5.07. The molecule has 2 aromatic carbocycles. The molecule has 0 spiro atoms. The molecular weight excluding hydrogens is 522 g/mol. The molecule has 0 radical (unpaired) electrons. The number of aryl methyl sites for hydroxylation is 1. The number of benzene rings is 2. The lowest BCUT2D eigenvalue weighted by Gasteiger charge is -2.36. The number of rotatable bonds is 7. The molecule has 41 heavy (non-hydrogen) atoms. The Morgan fingerprint density at radius 1 is 0.976 bits per heavy atom. The average Bonchev–Trinajstić information content (AvgIpc) is 3.75. The normalized spacial score (nSPS) is 18.3. The lowest BCUT2D eigenvalue weighted by Crippen LogP contribution is -2.46. The Kier molecular flexibility index (Phi) is 8.53. The number of aromatic nitrogens is 4. The molecule has 1 aliphatic carbocycles. The van der Waals surface area contributed by atoms with Crippen LogP contribution in [0.4, 0.5) is 23.1 Å². The lowest BCUT2D eigenvalue weighted by atomic mass is 10.2. The Hall–Kier alpha value is -4.38. The third kappa shape index (κ3) is 6.86. The van der Waals surface area contributed by atoms with E-state index in [4.69, 9.17) is 14.2 Å². The van der Waals surface area contributed by atoms with Gasteiger partial charge in [-0.15, -0.1) is 0 Å². The van der Waals surface area contributed by atoms with Crippen molar-refractivity contribution in [2.24, 2.45) is 5.92 Å². The summed E-state index contributed by atoms with van der Waals surface area (Å²) in [5.74, 6) is 4.53. The molecule has 1 saturated carbocycles. The molecule has 1 saturated heterocycles. The van der Waals surface area contributed by atoms with Gasteiger partial charge in [-0.3, -0.25) is 9.89 Å². The van der Waals surface area contributed by atoms with Crippen molar-refractivity contribution in [3.05, 3.63) is 54.4 Å². The van der Waals surface area contributed by atoms with Gasteiger partial charge in [0.15, 0.2) is 17.5 Å². The number of para-hydroxylation sites is 1. The van der Waals surface area contributed by atoms with Crippen molar-refractivity contribution in [1.82, 2.24) is 20.2 Å². The highest BCUT2D eigenvalue weighted by atomic mass is 16.5. The summed E-state index contributed by atoms with van der Waals surface area (Å²) in [6.45, 7) is 7.52. The molecule has 11 nitrogen and oxygen atoms in total. The molecule has 2 unspecified atom stereocenters. The second-order valence-electron chi connectivity index (χ2n) is 10.4. The van der Waals surface area contributed by atoms with Crippen LogP contribution in [0.3, 0.4) is 0 Å². The van der Waals surface area contributed by atoms with E-state index in [0.717, 1.165) is 54.1 Å². The van der Waals surface area contributed by atoms with Crippen LogP contribution in [0.25, 0.3) is 10.9 Å². The van der Waals surface area contributed by atoms with E-state index in [1.807, 2.05) is 55.5 Å². The highest BCUT2D eigenvalue weighted by Crippen LogP contribution is 2.36. The van der Waals surface area contributed by atoms with Crippen molar-refractivity contribution < 1.29 is 19.0 Å². The Bertz CT molecular complexity index is 1480. The molecular formula is C30H37N7O4. The largest absolute Gasteiger partial charge is 0.497 e. The van der Waals surface area contributed by atoms with E-state index < -0.39 is 0 Å². The van der Waals surface area contributed by atoms with Gasteiger partial charge in [0.25, 0.3) is 0 Å². The maximum Gasteiger partial charge on any atom is 0.227 e. The molecule has 0 bridgehead atoms. The number of carbonyl (C=O) groups is 1. The first-order valence-corrected chi connectivity index (χ1v) is 13.8. The van der Waals surface area contributed by atoms with Gasteiger partial charge < -0.3 is 29.7 Å². The summed E-state index contributed by atoms with van der Waals surface area (Å²) in [6.07, 6.45) is 2.31. The zero-order valence-electron chi connectivity index (χ0n) is 24.1. The molecule has 3 N–H and O–H groups in total. The van der Waals surface area contributed by atoms with Crippen LogP contribution in [-0.4, -0.2) is 65.6 Å². The number of aromatic amines is 1. The van der Waals surface area contributed by atoms with Gasteiger partial charge in [-0.2, -0.15) is 5.10 Å².